The first-order valence-electron chi connectivity index (χ1n) is 7.90. The average Bonchev–Trinajstić information content (AvgIpc) is 2.98. The topological polar surface area (TPSA) is 111 Å². The van der Waals surface area contributed by atoms with E-state index in [0.717, 1.165) is 5.56 Å². The fourth-order valence-corrected chi connectivity index (χ4v) is 2.35. The highest BCUT2D eigenvalue weighted by Crippen LogP contribution is 2.27. The van der Waals surface area contributed by atoms with Gasteiger partial charge in [-0.25, -0.2) is 4.98 Å². The molecule has 0 aliphatic heterocycles. The number of benzene rings is 2. The fourth-order valence-electron chi connectivity index (χ4n) is 2.35. The lowest BCUT2D eigenvalue weighted by Crippen LogP contribution is -2.33. The van der Waals surface area contributed by atoms with Gasteiger partial charge in [0.2, 0.25) is 0 Å². The van der Waals surface area contributed by atoms with Crippen molar-refractivity contribution in [2.75, 3.05) is 11.8 Å². The third kappa shape index (κ3) is 3.32. The molecular weight excluding hydrogens is 338 g/mol. The lowest BCUT2D eigenvalue weighted by atomic mass is 9.96. The van der Waals surface area contributed by atoms with Crippen molar-refractivity contribution in [3.8, 4) is 11.4 Å². The zero-order chi connectivity index (χ0) is 18.9. The maximum absolute atomic E-state index is 11.4. The summed E-state index contributed by atoms with van der Waals surface area (Å²) in [6.07, 6.45) is 0. The van der Waals surface area contributed by atoms with Crippen LogP contribution in [0.15, 0.2) is 48.5 Å². The minimum atomic E-state index is -1.12. The number of carbonyl (C=O) groups is 1. The van der Waals surface area contributed by atoms with E-state index in [2.05, 4.69) is 4.98 Å². The Morgan fingerprint density at radius 1 is 1.27 bits per heavy atom. The lowest BCUT2D eigenvalue weighted by molar-refractivity contribution is -0.150. The smallest absolute Gasteiger partial charge is 0.312 e. The van der Waals surface area contributed by atoms with Crippen LogP contribution in [0.1, 0.15) is 13.8 Å². The van der Waals surface area contributed by atoms with Crippen LogP contribution in [0.4, 0.5) is 5.69 Å². The standard InChI is InChI=1S/C18H18N3O5/c1-18(2,17(22)23)11-26-20-15-10-13(21(24)25)8-9-14(15)19-16(20)12-6-4-3-5-7-12/h3-10,24H,11H2,1-2H3,(H,22,23)/q-1. The van der Waals surface area contributed by atoms with E-state index in [1.54, 1.807) is 19.9 Å². The van der Waals surface area contributed by atoms with Gasteiger partial charge in [-0.3, -0.25) is 10.0 Å². The van der Waals surface area contributed by atoms with Gasteiger partial charge in [0.05, 0.1) is 16.6 Å². The van der Waals surface area contributed by atoms with Gasteiger partial charge in [0.1, 0.15) is 12.1 Å². The zero-order valence-electron chi connectivity index (χ0n) is 14.3. The van der Waals surface area contributed by atoms with E-state index in [1.807, 2.05) is 30.3 Å². The van der Waals surface area contributed by atoms with Crippen LogP contribution < -0.4 is 10.1 Å². The maximum atomic E-state index is 11.4. The number of imidazole rings is 1. The van der Waals surface area contributed by atoms with E-state index in [1.165, 1.54) is 16.9 Å². The number of fused-ring (bicyclic) bond motifs is 1. The van der Waals surface area contributed by atoms with E-state index in [4.69, 9.17) is 10.0 Å². The summed E-state index contributed by atoms with van der Waals surface area (Å²) in [5, 5.41) is 29.4. The van der Waals surface area contributed by atoms with Gasteiger partial charge in [0.25, 0.3) is 0 Å². The summed E-state index contributed by atoms with van der Waals surface area (Å²) in [7, 11) is 0. The van der Waals surface area contributed by atoms with Crippen LogP contribution in [0, 0.1) is 10.6 Å². The second-order valence-corrected chi connectivity index (χ2v) is 6.50. The van der Waals surface area contributed by atoms with Crippen molar-refractivity contribution < 1.29 is 19.9 Å². The molecule has 0 saturated heterocycles. The molecule has 0 unspecified atom stereocenters. The van der Waals surface area contributed by atoms with Crippen molar-refractivity contribution in [1.82, 2.24) is 9.71 Å². The molecule has 1 heterocycles. The molecule has 2 N–H and O–H groups in total. The van der Waals surface area contributed by atoms with Crippen LogP contribution in [0.3, 0.4) is 0 Å². The third-order valence-corrected chi connectivity index (χ3v) is 3.98. The normalized spacial score (nSPS) is 11.5. The van der Waals surface area contributed by atoms with Crippen molar-refractivity contribution in [3.63, 3.8) is 0 Å². The number of aromatic nitrogens is 2. The molecule has 0 spiro atoms. The fraction of sp³-hybridized carbons (Fsp3) is 0.222. The highest BCUT2D eigenvalue weighted by atomic mass is 16.8. The van der Waals surface area contributed by atoms with Crippen LogP contribution in [-0.4, -0.2) is 32.6 Å². The molecule has 0 atom stereocenters. The average molecular weight is 356 g/mol. The van der Waals surface area contributed by atoms with Crippen molar-refractivity contribution in [1.29, 1.82) is 0 Å². The largest absolute Gasteiger partial charge is 0.733 e. The summed E-state index contributed by atoms with van der Waals surface area (Å²) in [4.78, 5) is 21.7. The number of nitrogens with zero attached hydrogens (tertiary/aromatic N) is 3. The SMILES string of the molecule is CC(C)(COn1c(-c2ccccc2)nc2ccc(N([O-])O)cc21)C(=O)O. The monoisotopic (exact) mass is 356 g/mol. The van der Waals surface area contributed by atoms with Crippen molar-refractivity contribution >= 4 is 22.7 Å². The molecule has 2 aromatic carbocycles. The third-order valence-electron chi connectivity index (χ3n) is 3.98. The number of hydrogen-bond acceptors (Lipinski definition) is 6. The number of rotatable bonds is 6. The lowest BCUT2D eigenvalue weighted by Gasteiger charge is -2.22. The highest BCUT2D eigenvalue weighted by molar-refractivity contribution is 5.83. The van der Waals surface area contributed by atoms with Gasteiger partial charge < -0.3 is 20.4 Å². The second kappa shape index (κ2) is 6.66. The van der Waals surface area contributed by atoms with E-state index in [-0.39, 0.29) is 17.5 Å². The molecular formula is C18H18N3O5-. The van der Waals surface area contributed by atoms with Gasteiger partial charge >= 0.3 is 5.97 Å². The summed E-state index contributed by atoms with van der Waals surface area (Å²) in [6, 6.07) is 13.7. The van der Waals surface area contributed by atoms with Crippen LogP contribution in [0.2, 0.25) is 0 Å². The minimum Gasteiger partial charge on any atom is -0.733 e. The molecule has 0 aliphatic rings. The first kappa shape index (κ1) is 17.7. The second-order valence-electron chi connectivity index (χ2n) is 6.50. The van der Waals surface area contributed by atoms with Crippen LogP contribution in [-0.2, 0) is 4.79 Å². The Balaban J connectivity index is 2.12. The molecule has 8 nitrogen and oxygen atoms in total. The van der Waals surface area contributed by atoms with E-state index >= 15 is 0 Å². The molecule has 0 aliphatic carbocycles. The number of anilines is 1. The summed E-state index contributed by atoms with van der Waals surface area (Å²) in [6.45, 7) is 2.99. The number of carboxylic acid groups (broad SMARTS) is 1. The summed E-state index contributed by atoms with van der Waals surface area (Å²) >= 11 is 0. The highest BCUT2D eigenvalue weighted by Gasteiger charge is 2.29. The molecule has 0 bridgehead atoms. The number of carboxylic acids is 1. The van der Waals surface area contributed by atoms with Gasteiger partial charge in [-0.05, 0) is 32.0 Å². The van der Waals surface area contributed by atoms with Gasteiger partial charge in [0.15, 0.2) is 5.82 Å². The number of hydrogen-bond donors (Lipinski definition) is 2. The van der Waals surface area contributed by atoms with Crippen molar-refractivity contribution in [2.24, 2.45) is 5.41 Å². The van der Waals surface area contributed by atoms with Crippen LogP contribution in [0.25, 0.3) is 22.4 Å². The quantitative estimate of drug-likeness (QED) is 0.653. The molecule has 136 valence electrons. The Labute approximate surface area is 149 Å². The van der Waals surface area contributed by atoms with Gasteiger partial charge in [-0.1, -0.05) is 30.3 Å². The Hall–Kier alpha value is -3.10. The molecule has 0 radical (unpaired) electrons. The molecule has 3 aromatic rings. The summed E-state index contributed by atoms with van der Waals surface area (Å²) in [5.41, 5.74) is 0.643. The molecule has 0 saturated carbocycles. The van der Waals surface area contributed by atoms with E-state index in [0.29, 0.717) is 16.9 Å². The summed E-state index contributed by atoms with van der Waals surface area (Å²) < 4.78 is 1.39. The Kier molecular flexibility index (Phi) is 4.54. The predicted octanol–water partition coefficient (Wildman–Crippen LogP) is 2.94. The minimum absolute atomic E-state index is 0.0133. The Bertz CT molecular complexity index is 935. The molecule has 3 rings (SSSR count). The molecule has 0 amide bonds. The molecule has 1 aromatic heterocycles. The van der Waals surface area contributed by atoms with Gasteiger partial charge in [0, 0.05) is 5.56 Å². The van der Waals surface area contributed by atoms with Crippen LogP contribution in [0.5, 0.6) is 0 Å². The molecule has 8 heteroatoms. The van der Waals surface area contributed by atoms with Crippen molar-refractivity contribution in [3.05, 3.63) is 53.7 Å². The van der Waals surface area contributed by atoms with Crippen LogP contribution >= 0.6 is 0 Å². The first-order chi connectivity index (χ1) is 12.3. The molecule has 26 heavy (non-hydrogen) atoms. The van der Waals surface area contributed by atoms with Gasteiger partial charge in [-0.15, -0.1) is 0 Å². The maximum Gasteiger partial charge on any atom is 0.312 e. The van der Waals surface area contributed by atoms with Crippen molar-refractivity contribution in [2.45, 2.75) is 13.8 Å². The Morgan fingerprint density at radius 2 is 1.96 bits per heavy atom. The predicted molar refractivity (Wildman–Crippen MR) is 95.7 cm³/mol. The Morgan fingerprint density at radius 3 is 2.58 bits per heavy atom. The number of aliphatic carboxylic acids is 1. The first-order valence-corrected chi connectivity index (χ1v) is 7.90. The molecule has 0 fully saturated rings. The van der Waals surface area contributed by atoms with Gasteiger partial charge in [-0.2, -0.15) is 4.73 Å². The summed E-state index contributed by atoms with van der Waals surface area (Å²) in [5.74, 6) is -0.528. The van der Waals surface area contributed by atoms with E-state index < -0.39 is 11.4 Å². The van der Waals surface area contributed by atoms with E-state index in [9.17, 15) is 15.1 Å². The zero-order valence-corrected chi connectivity index (χ0v) is 14.3.